The van der Waals surface area contributed by atoms with E-state index in [0.717, 1.165) is 11.1 Å². The first-order chi connectivity index (χ1) is 14.4. The lowest BCUT2D eigenvalue weighted by molar-refractivity contribution is -0.146. The Morgan fingerprint density at radius 1 is 1.00 bits per heavy atom. The Labute approximate surface area is 176 Å². The van der Waals surface area contributed by atoms with E-state index in [-0.39, 0.29) is 5.91 Å². The van der Waals surface area contributed by atoms with Crippen LogP contribution in [0.5, 0.6) is 5.75 Å². The highest BCUT2D eigenvalue weighted by Gasteiger charge is 2.51. The largest absolute Gasteiger partial charge is 0.465 e. The third kappa shape index (κ3) is 3.43. The molecule has 1 atom stereocenters. The van der Waals surface area contributed by atoms with E-state index in [1.54, 1.807) is 18.9 Å². The predicted molar refractivity (Wildman–Crippen MR) is 118 cm³/mol. The quantitative estimate of drug-likeness (QED) is 0.612. The Morgan fingerprint density at radius 3 is 2.30 bits per heavy atom. The summed E-state index contributed by atoms with van der Waals surface area (Å²) in [5.74, 6) is -0.272. The van der Waals surface area contributed by atoms with Crippen molar-refractivity contribution in [2.45, 2.75) is 26.0 Å². The number of benzene rings is 3. The molecule has 0 saturated carbocycles. The molecule has 1 unspecified atom stereocenters. The zero-order valence-electron chi connectivity index (χ0n) is 17.3. The summed E-state index contributed by atoms with van der Waals surface area (Å²) in [6.07, 6.45) is 0. The molecule has 5 heteroatoms. The normalized spacial score (nSPS) is 17.8. The second-order valence-electron chi connectivity index (χ2n) is 7.68. The van der Waals surface area contributed by atoms with Gasteiger partial charge < -0.3 is 14.5 Å². The molecule has 0 saturated heterocycles. The molecule has 152 valence electrons. The fourth-order valence-electron chi connectivity index (χ4n) is 3.72. The van der Waals surface area contributed by atoms with Crippen LogP contribution in [-0.2, 0) is 16.1 Å². The minimum Gasteiger partial charge on any atom is -0.465 e. The summed E-state index contributed by atoms with van der Waals surface area (Å²) in [7, 11) is 1.68. The maximum absolute atomic E-state index is 13.8. The molecule has 5 nitrogen and oxygen atoms in total. The van der Waals surface area contributed by atoms with Crippen molar-refractivity contribution < 1.29 is 14.3 Å². The first kappa shape index (κ1) is 19.7. The molecule has 4 rings (SSSR count). The van der Waals surface area contributed by atoms with Crippen LogP contribution in [0.4, 0.5) is 11.4 Å². The lowest BCUT2D eigenvalue weighted by atomic mass is 9.98. The Hall–Kier alpha value is -3.60. The second-order valence-corrected chi connectivity index (χ2v) is 7.68. The molecule has 1 aliphatic heterocycles. The molecular formula is C25H24N2O3. The number of carbonyl (C=O) groups excluding carboxylic acids is 2. The van der Waals surface area contributed by atoms with Crippen molar-refractivity contribution in [1.29, 1.82) is 0 Å². The molecule has 0 N–H and O–H groups in total. The standard InChI is InChI=1S/C25H24N2O3/c1-18-14-15-22-21(16-18)26(3)23(28)25(2,30-22)24(29)27(20-12-8-5-9-13-20)17-19-10-6-4-7-11-19/h4-16H,17H2,1-3H3. The summed E-state index contributed by atoms with van der Waals surface area (Å²) in [4.78, 5) is 30.2. The van der Waals surface area contributed by atoms with Gasteiger partial charge >= 0.3 is 0 Å². The van der Waals surface area contributed by atoms with Gasteiger partial charge in [0, 0.05) is 12.7 Å². The number of carbonyl (C=O) groups is 2. The molecule has 0 spiro atoms. The monoisotopic (exact) mass is 400 g/mol. The van der Waals surface area contributed by atoms with Crippen molar-refractivity contribution in [1.82, 2.24) is 0 Å². The number of ether oxygens (including phenoxy) is 1. The van der Waals surface area contributed by atoms with E-state index in [1.165, 1.54) is 4.90 Å². The zero-order chi connectivity index (χ0) is 21.3. The van der Waals surface area contributed by atoms with Crippen LogP contribution in [-0.4, -0.2) is 24.5 Å². The number of hydrogen-bond acceptors (Lipinski definition) is 3. The van der Waals surface area contributed by atoms with Crippen molar-refractivity contribution in [2.24, 2.45) is 0 Å². The Bertz CT molecular complexity index is 1080. The van der Waals surface area contributed by atoms with E-state index in [0.29, 0.717) is 23.7 Å². The third-order valence-electron chi connectivity index (χ3n) is 5.41. The molecule has 1 heterocycles. The van der Waals surface area contributed by atoms with Crippen LogP contribution in [0, 0.1) is 6.92 Å². The number of hydrogen-bond donors (Lipinski definition) is 0. The first-order valence-electron chi connectivity index (χ1n) is 9.89. The van der Waals surface area contributed by atoms with Crippen molar-refractivity contribution in [3.8, 4) is 5.75 Å². The van der Waals surface area contributed by atoms with Crippen LogP contribution in [0.3, 0.4) is 0 Å². The van der Waals surface area contributed by atoms with Crippen LogP contribution in [0.15, 0.2) is 78.9 Å². The molecule has 30 heavy (non-hydrogen) atoms. The number of amides is 2. The first-order valence-corrected chi connectivity index (χ1v) is 9.89. The maximum atomic E-state index is 13.8. The van der Waals surface area contributed by atoms with Gasteiger partial charge in [-0.2, -0.15) is 0 Å². The van der Waals surface area contributed by atoms with Gasteiger partial charge in [0.15, 0.2) is 0 Å². The molecule has 0 bridgehead atoms. The predicted octanol–water partition coefficient (Wildman–Crippen LogP) is 4.34. The maximum Gasteiger partial charge on any atom is 0.281 e. The topological polar surface area (TPSA) is 49.9 Å². The van der Waals surface area contributed by atoms with E-state index in [4.69, 9.17) is 4.74 Å². The average Bonchev–Trinajstić information content (AvgIpc) is 2.77. The van der Waals surface area contributed by atoms with Gasteiger partial charge in [0.25, 0.3) is 17.4 Å². The third-order valence-corrected chi connectivity index (χ3v) is 5.41. The molecule has 0 aromatic heterocycles. The summed E-state index contributed by atoms with van der Waals surface area (Å²) in [6.45, 7) is 3.84. The van der Waals surface area contributed by atoms with Gasteiger partial charge in [-0.3, -0.25) is 9.59 Å². The zero-order valence-corrected chi connectivity index (χ0v) is 17.3. The van der Waals surface area contributed by atoms with E-state index < -0.39 is 11.5 Å². The highest BCUT2D eigenvalue weighted by atomic mass is 16.5. The van der Waals surface area contributed by atoms with Crippen LogP contribution in [0.2, 0.25) is 0 Å². The van der Waals surface area contributed by atoms with Gasteiger partial charge in [0.1, 0.15) is 5.75 Å². The van der Waals surface area contributed by atoms with Crippen LogP contribution in [0.25, 0.3) is 0 Å². The van der Waals surface area contributed by atoms with Gasteiger partial charge in [-0.15, -0.1) is 0 Å². The minimum atomic E-state index is -1.67. The average molecular weight is 400 g/mol. The summed E-state index contributed by atoms with van der Waals surface area (Å²) in [5, 5.41) is 0. The number of aryl methyl sites for hydroxylation is 1. The minimum absolute atomic E-state index is 0.334. The Morgan fingerprint density at radius 2 is 1.63 bits per heavy atom. The SMILES string of the molecule is Cc1ccc2c(c1)N(C)C(=O)C(C)(C(=O)N(Cc1ccccc1)c1ccccc1)O2. The van der Waals surface area contributed by atoms with Gasteiger partial charge in [-0.25, -0.2) is 0 Å². The molecule has 0 radical (unpaired) electrons. The molecule has 3 aromatic rings. The number of nitrogens with zero attached hydrogens (tertiary/aromatic N) is 2. The smallest absolute Gasteiger partial charge is 0.281 e. The molecular weight excluding hydrogens is 376 g/mol. The fourth-order valence-corrected chi connectivity index (χ4v) is 3.72. The van der Waals surface area contributed by atoms with Crippen LogP contribution in [0.1, 0.15) is 18.1 Å². The summed E-state index contributed by atoms with van der Waals surface area (Å²) in [5.41, 5.74) is 1.69. The lowest BCUT2D eigenvalue weighted by Crippen LogP contribution is -2.62. The van der Waals surface area contributed by atoms with Crippen molar-refractivity contribution in [3.63, 3.8) is 0 Å². The van der Waals surface area contributed by atoms with Crippen molar-refractivity contribution >= 4 is 23.2 Å². The number of likely N-dealkylation sites (N-methyl/N-ethyl adjacent to an activating group) is 1. The Kier molecular flexibility index (Phi) is 5.04. The van der Waals surface area contributed by atoms with Gasteiger partial charge in [0.2, 0.25) is 0 Å². The number of anilines is 2. The summed E-state index contributed by atoms with van der Waals surface area (Å²) in [6, 6.07) is 24.7. The van der Waals surface area contributed by atoms with Gasteiger partial charge in [-0.1, -0.05) is 54.6 Å². The van der Waals surface area contributed by atoms with E-state index in [2.05, 4.69) is 0 Å². The Balaban J connectivity index is 1.75. The van der Waals surface area contributed by atoms with Crippen molar-refractivity contribution in [2.75, 3.05) is 16.8 Å². The molecule has 0 aliphatic carbocycles. The van der Waals surface area contributed by atoms with E-state index in [9.17, 15) is 9.59 Å². The number of fused-ring (bicyclic) bond motifs is 1. The molecule has 0 fully saturated rings. The highest BCUT2D eigenvalue weighted by Crippen LogP contribution is 2.39. The molecule has 2 amide bonds. The number of para-hydroxylation sites is 1. The van der Waals surface area contributed by atoms with E-state index >= 15 is 0 Å². The molecule has 1 aliphatic rings. The second kappa shape index (κ2) is 7.67. The summed E-state index contributed by atoms with van der Waals surface area (Å²) < 4.78 is 6.08. The van der Waals surface area contributed by atoms with Crippen molar-refractivity contribution in [3.05, 3.63) is 90.0 Å². The molecule has 3 aromatic carbocycles. The van der Waals surface area contributed by atoms with Gasteiger partial charge in [-0.05, 0) is 49.2 Å². The van der Waals surface area contributed by atoms with Crippen LogP contribution >= 0.6 is 0 Å². The highest BCUT2D eigenvalue weighted by molar-refractivity contribution is 6.20. The van der Waals surface area contributed by atoms with Gasteiger partial charge in [0.05, 0.1) is 12.2 Å². The van der Waals surface area contributed by atoms with Crippen LogP contribution < -0.4 is 14.5 Å². The lowest BCUT2D eigenvalue weighted by Gasteiger charge is -2.40. The van der Waals surface area contributed by atoms with E-state index in [1.807, 2.05) is 85.8 Å². The summed E-state index contributed by atoms with van der Waals surface area (Å²) >= 11 is 0. The fraction of sp³-hybridized carbons (Fsp3) is 0.200. The number of rotatable bonds is 4.